The molecular weight excluding hydrogens is 534 g/mol. The van der Waals surface area contributed by atoms with Gasteiger partial charge in [0, 0.05) is 30.0 Å². The Bertz CT molecular complexity index is 1200. The fourth-order valence-corrected chi connectivity index (χ4v) is 5.68. The average molecular weight is 565 g/mol. The minimum absolute atomic E-state index is 0.00682. The summed E-state index contributed by atoms with van der Waals surface area (Å²) in [6.07, 6.45) is 0.904. The summed E-state index contributed by atoms with van der Waals surface area (Å²) >= 11 is 3.39. The highest BCUT2D eigenvalue weighted by molar-refractivity contribution is 9.10. The van der Waals surface area contributed by atoms with E-state index in [1.807, 2.05) is 38.1 Å². The van der Waals surface area contributed by atoms with Gasteiger partial charge < -0.3 is 10.2 Å². The molecule has 2 aromatic carbocycles. The third-order valence-corrected chi connectivity index (χ3v) is 8.47. The van der Waals surface area contributed by atoms with Crippen LogP contribution in [0.15, 0.2) is 57.9 Å². The van der Waals surface area contributed by atoms with Gasteiger partial charge in [-0.2, -0.15) is 0 Å². The summed E-state index contributed by atoms with van der Waals surface area (Å²) in [4.78, 5) is 40.1. The zero-order chi connectivity index (χ0) is 25.8. The Kier molecular flexibility index (Phi) is 8.71. The molecule has 2 aromatic rings. The lowest BCUT2D eigenvalue weighted by Gasteiger charge is -2.30. The third-order valence-electron chi connectivity index (χ3n) is 6.10. The molecule has 0 bridgehead atoms. The van der Waals surface area contributed by atoms with Crippen LogP contribution in [-0.2, 0) is 26.2 Å². The Morgan fingerprint density at radius 1 is 1.09 bits per heavy atom. The molecule has 0 saturated carbocycles. The van der Waals surface area contributed by atoms with E-state index in [0.29, 0.717) is 0 Å². The molecule has 1 aliphatic heterocycles. The number of halogens is 1. The molecule has 2 atom stereocenters. The van der Waals surface area contributed by atoms with Crippen LogP contribution in [0.4, 0.5) is 0 Å². The predicted octanol–water partition coefficient (Wildman–Crippen LogP) is 3.71. The van der Waals surface area contributed by atoms with Gasteiger partial charge in [0.2, 0.25) is 11.8 Å². The zero-order valence-corrected chi connectivity index (χ0v) is 22.4. The molecule has 188 valence electrons. The van der Waals surface area contributed by atoms with E-state index in [0.717, 1.165) is 20.8 Å². The molecule has 8 nitrogen and oxygen atoms in total. The highest BCUT2D eigenvalue weighted by Crippen LogP contribution is 2.30. The van der Waals surface area contributed by atoms with Crippen LogP contribution in [0.25, 0.3) is 0 Å². The van der Waals surface area contributed by atoms with E-state index < -0.39 is 22.0 Å². The quantitative estimate of drug-likeness (QED) is 0.474. The summed E-state index contributed by atoms with van der Waals surface area (Å²) in [6, 6.07) is 12.8. The molecule has 0 spiro atoms. The van der Waals surface area contributed by atoms with Gasteiger partial charge in [-0.05, 0) is 56.5 Å². The summed E-state index contributed by atoms with van der Waals surface area (Å²) in [7, 11) is -3.92. The average Bonchev–Trinajstić information content (AvgIpc) is 3.03. The Labute approximate surface area is 214 Å². The molecule has 10 heteroatoms. The molecule has 1 N–H and O–H groups in total. The fraction of sp³-hybridized carbons (Fsp3) is 0.400. The van der Waals surface area contributed by atoms with Crippen molar-refractivity contribution in [3.63, 3.8) is 0 Å². The summed E-state index contributed by atoms with van der Waals surface area (Å²) in [5, 5.41) is 2.91. The number of hydrogen-bond donors (Lipinski definition) is 1. The van der Waals surface area contributed by atoms with Crippen molar-refractivity contribution in [1.29, 1.82) is 0 Å². The van der Waals surface area contributed by atoms with Gasteiger partial charge in [0.25, 0.3) is 15.9 Å². The van der Waals surface area contributed by atoms with Gasteiger partial charge in [-0.3, -0.25) is 14.4 Å². The third kappa shape index (κ3) is 6.10. The van der Waals surface area contributed by atoms with Crippen LogP contribution >= 0.6 is 15.9 Å². The predicted molar refractivity (Wildman–Crippen MR) is 136 cm³/mol. The molecule has 0 saturated heterocycles. The van der Waals surface area contributed by atoms with E-state index in [4.69, 9.17) is 0 Å². The highest BCUT2D eigenvalue weighted by atomic mass is 79.9. The first kappa shape index (κ1) is 26.9. The normalized spacial score (nSPS) is 15.9. The lowest BCUT2D eigenvalue weighted by Crippen LogP contribution is -2.49. The number of fused-ring (bicyclic) bond motifs is 1. The topological polar surface area (TPSA) is 104 Å². The lowest BCUT2D eigenvalue weighted by atomic mass is 10.1. The van der Waals surface area contributed by atoms with Crippen LogP contribution < -0.4 is 5.32 Å². The second-order valence-corrected chi connectivity index (χ2v) is 11.4. The molecule has 3 amide bonds. The molecule has 0 unspecified atom stereocenters. The first-order valence-electron chi connectivity index (χ1n) is 11.6. The number of nitrogens with zero attached hydrogens (tertiary/aromatic N) is 2. The number of carbonyl (C=O) groups excluding carboxylic acids is 3. The van der Waals surface area contributed by atoms with Gasteiger partial charge in [-0.25, -0.2) is 12.7 Å². The second kappa shape index (κ2) is 11.3. The number of nitrogens with one attached hydrogen (secondary N) is 1. The maximum Gasteiger partial charge on any atom is 0.269 e. The van der Waals surface area contributed by atoms with Crippen LogP contribution in [0.2, 0.25) is 0 Å². The van der Waals surface area contributed by atoms with E-state index in [1.54, 1.807) is 19.1 Å². The highest BCUT2D eigenvalue weighted by Gasteiger charge is 2.40. The van der Waals surface area contributed by atoms with Crippen molar-refractivity contribution in [2.24, 2.45) is 0 Å². The summed E-state index contributed by atoms with van der Waals surface area (Å²) in [5.74, 6) is -1.13. The second-order valence-electron chi connectivity index (χ2n) is 8.62. The van der Waals surface area contributed by atoms with Crippen LogP contribution in [0.1, 0.15) is 56.0 Å². The minimum Gasteiger partial charge on any atom is -0.352 e. The number of amides is 3. The van der Waals surface area contributed by atoms with E-state index in [2.05, 4.69) is 21.2 Å². The van der Waals surface area contributed by atoms with E-state index >= 15 is 0 Å². The van der Waals surface area contributed by atoms with Gasteiger partial charge in [-0.15, -0.1) is 0 Å². The molecule has 0 aromatic heterocycles. The monoisotopic (exact) mass is 563 g/mol. The number of carbonyl (C=O) groups is 3. The SMILES string of the molecule is CC[C@H](C)NC(=O)[C@@H](C)N(Cc1ccc(Br)cc1)C(=O)CCCN1C(=O)c2ccccc2S1(=O)=O. The smallest absolute Gasteiger partial charge is 0.269 e. The van der Waals surface area contributed by atoms with Crippen molar-refractivity contribution in [3.05, 3.63) is 64.1 Å². The summed E-state index contributed by atoms with van der Waals surface area (Å²) in [6.45, 7) is 5.66. The van der Waals surface area contributed by atoms with E-state index in [1.165, 1.54) is 17.0 Å². The number of sulfonamides is 1. The Balaban J connectivity index is 1.71. The van der Waals surface area contributed by atoms with Crippen molar-refractivity contribution in [3.8, 4) is 0 Å². The fourth-order valence-electron chi connectivity index (χ4n) is 3.80. The van der Waals surface area contributed by atoms with Crippen molar-refractivity contribution < 1.29 is 22.8 Å². The molecule has 1 heterocycles. The van der Waals surface area contributed by atoms with Gasteiger partial charge in [0.15, 0.2) is 0 Å². The number of rotatable bonds is 10. The maximum atomic E-state index is 13.2. The van der Waals surface area contributed by atoms with Crippen molar-refractivity contribution in [2.75, 3.05) is 6.54 Å². The van der Waals surface area contributed by atoms with Crippen molar-refractivity contribution in [2.45, 2.75) is 63.6 Å². The van der Waals surface area contributed by atoms with E-state index in [-0.39, 0.29) is 54.2 Å². The molecule has 0 radical (unpaired) electrons. The van der Waals surface area contributed by atoms with Crippen LogP contribution in [-0.4, -0.2) is 54.0 Å². The molecule has 0 fully saturated rings. The van der Waals surface area contributed by atoms with Gasteiger partial charge in [-0.1, -0.05) is 47.1 Å². The number of hydrogen-bond acceptors (Lipinski definition) is 5. The maximum absolute atomic E-state index is 13.2. The Morgan fingerprint density at radius 3 is 2.37 bits per heavy atom. The van der Waals surface area contributed by atoms with Crippen LogP contribution in [0, 0.1) is 0 Å². The minimum atomic E-state index is -3.92. The Hall–Kier alpha value is -2.72. The summed E-state index contributed by atoms with van der Waals surface area (Å²) in [5.41, 5.74) is 1.00. The van der Waals surface area contributed by atoms with E-state index in [9.17, 15) is 22.8 Å². The number of benzene rings is 2. The van der Waals surface area contributed by atoms with Gasteiger partial charge in [0.05, 0.1) is 5.56 Å². The van der Waals surface area contributed by atoms with Gasteiger partial charge >= 0.3 is 0 Å². The molecular formula is C25H30BrN3O5S. The standard InChI is InChI=1S/C25H30BrN3O5S/c1-4-17(2)27-24(31)18(3)28(16-19-11-13-20(26)14-12-19)23(30)10-7-15-29-25(32)21-8-5-6-9-22(21)35(29,33)34/h5-6,8-9,11-14,17-18H,4,7,10,15-16H2,1-3H3,(H,27,31)/t17-,18+/m0/s1. The van der Waals surface area contributed by atoms with Crippen LogP contribution in [0.3, 0.4) is 0 Å². The van der Waals surface area contributed by atoms with Gasteiger partial charge in [0.1, 0.15) is 10.9 Å². The molecule has 0 aliphatic carbocycles. The van der Waals surface area contributed by atoms with Crippen LogP contribution in [0.5, 0.6) is 0 Å². The largest absolute Gasteiger partial charge is 0.352 e. The van der Waals surface area contributed by atoms with Crippen molar-refractivity contribution >= 4 is 43.7 Å². The molecule has 1 aliphatic rings. The lowest BCUT2D eigenvalue weighted by molar-refractivity contribution is -0.141. The molecule has 3 rings (SSSR count). The van der Waals surface area contributed by atoms with Crippen molar-refractivity contribution in [1.82, 2.24) is 14.5 Å². The first-order chi connectivity index (χ1) is 16.6. The summed E-state index contributed by atoms with van der Waals surface area (Å²) < 4.78 is 27.2. The molecule has 35 heavy (non-hydrogen) atoms. The first-order valence-corrected chi connectivity index (χ1v) is 13.8. The zero-order valence-electron chi connectivity index (χ0n) is 20.0. The Morgan fingerprint density at radius 2 is 1.74 bits per heavy atom.